The zero-order valence-corrected chi connectivity index (χ0v) is 17.7. The molecule has 0 amide bonds. The third kappa shape index (κ3) is 5.46. The third-order valence-corrected chi connectivity index (χ3v) is 4.52. The van der Waals surface area contributed by atoms with Crippen molar-refractivity contribution in [2.75, 3.05) is 20.3 Å². The Kier molecular flexibility index (Phi) is 8.26. The van der Waals surface area contributed by atoms with E-state index in [1.165, 1.54) is 0 Å². The van der Waals surface area contributed by atoms with E-state index in [-0.39, 0.29) is 29.6 Å². The summed E-state index contributed by atoms with van der Waals surface area (Å²) in [7, 11) is 1.70. The normalized spacial score (nSPS) is 10.6. The summed E-state index contributed by atoms with van der Waals surface area (Å²) in [4.78, 5) is 13.5. The van der Waals surface area contributed by atoms with E-state index in [0.717, 1.165) is 45.4 Å². The molecule has 5 nitrogen and oxygen atoms in total. The fourth-order valence-corrected chi connectivity index (χ4v) is 3.21. The molecule has 0 aliphatic carbocycles. The van der Waals surface area contributed by atoms with Gasteiger partial charge in [-0.1, -0.05) is 24.3 Å². The molecule has 0 unspecified atom stereocenters. The Bertz CT molecular complexity index is 777. The van der Waals surface area contributed by atoms with Crippen LogP contribution in [0.3, 0.4) is 0 Å². The van der Waals surface area contributed by atoms with Gasteiger partial charge in [0, 0.05) is 37.7 Å². The van der Waals surface area contributed by atoms with Gasteiger partial charge >= 0.3 is 29.6 Å². The average Bonchev–Trinajstić information content (AvgIpc) is 3.02. The number of aromatic nitrogens is 3. The van der Waals surface area contributed by atoms with Crippen LogP contribution >= 0.6 is 11.8 Å². The summed E-state index contributed by atoms with van der Waals surface area (Å²) in [5.41, 5.74) is 3.93. The molecule has 1 aromatic carbocycles. The predicted octanol–water partition coefficient (Wildman–Crippen LogP) is 0.607. The summed E-state index contributed by atoms with van der Waals surface area (Å²) in [6.45, 7) is 3.38. The van der Waals surface area contributed by atoms with E-state index in [1.807, 2.05) is 37.3 Å². The molecule has 0 saturated heterocycles. The smallest absolute Gasteiger partial charge is 0.493 e. The van der Waals surface area contributed by atoms with Crippen LogP contribution in [0.1, 0.15) is 17.7 Å². The first kappa shape index (κ1) is 20.3. The second-order valence-electron chi connectivity index (χ2n) is 5.36. The number of hydrogen-bond acceptors (Lipinski definition) is 5. The fourth-order valence-electron chi connectivity index (χ4n) is 2.33. The Labute approximate surface area is 174 Å². The van der Waals surface area contributed by atoms with E-state index in [4.69, 9.17) is 9.47 Å². The van der Waals surface area contributed by atoms with Gasteiger partial charge in [-0.05, 0) is 29.2 Å². The van der Waals surface area contributed by atoms with Crippen molar-refractivity contribution in [2.45, 2.75) is 24.3 Å². The van der Waals surface area contributed by atoms with Crippen molar-refractivity contribution in [3.05, 3.63) is 47.8 Å². The zero-order chi connectivity index (χ0) is 16.8. The SMILES string of the molecule is COCCCOc1ccnc(CSc2nc3ccccc3[n-]2)c1C.[Na+]. The number of imidazole rings is 1. The number of fused-ring (bicyclic) bond motifs is 1. The number of hydrogen-bond donors (Lipinski definition) is 0. The number of nitrogens with zero attached hydrogens (tertiary/aromatic N) is 3. The van der Waals surface area contributed by atoms with E-state index in [2.05, 4.69) is 15.0 Å². The second kappa shape index (κ2) is 10.2. The standard InChI is InChI=1S/C18H20N3O2S.Na/c1-13-16(19-9-8-17(13)23-11-5-10-22-2)12-24-18-20-14-6-3-4-7-15(14)21-18;/h3-4,6-9H,5,10-12H2,1-2H3;/q-1;+1. The van der Waals surface area contributed by atoms with Gasteiger partial charge in [0.1, 0.15) is 5.75 Å². The predicted molar refractivity (Wildman–Crippen MR) is 95.6 cm³/mol. The average molecular weight is 365 g/mol. The van der Waals surface area contributed by atoms with Crippen LogP contribution in [-0.4, -0.2) is 30.3 Å². The fraction of sp³-hybridized carbons (Fsp3) is 0.333. The topological polar surface area (TPSA) is 58.3 Å². The molecular weight excluding hydrogens is 345 g/mol. The van der Waals surface area contributed by atoms with Gasteiger partial charge < -0.3 is 19.4 Å². The van der Waals surface area contributed by atoms with Crippen LogP contribution in [0.15, 0.2) is 41.7 Å². The van der Waals surface area contributed by atoms with Crippen molar-refractivity contribution in [2.24, 2.45) is 0 Å². The van der Waals surface area contributed by atoms with E-state index in [1.54, 1.807) is 25.1 Å². The first-order valence-corrected chi connectivity index (χ1v) is 8.85. The van der Waals surface area contributed by atoms with Gasteiger partial charge in [-0.25, -0.2) is 0 Å². The summed E-state index contributed by atoms with van der Waals surface area (Å²) in [6.07, 6.45) is 2.66. The van der Waals surface area contributed by atoms with Gasteiger partial charge in [0.25, 0.3) is 0 Å². The van der Waals surface area contributed by atoms with Gasteiger partial charge in [0.05, 0.1) is 12.3 Å². The zero-order valence-electron chi connectivity index (χ0n) is 14.9. The molecule has 0 saturated carbocycles. The molecule has 25 heavy (non-hydrogen) atoms. The number of methoxy groups -OCH3 is 1. The molecular formula is C18H20N3NaO2S. The maximum absolute atomic E-state index is 5.82. The number of thioether (sulfide) groups is 1. The molecule has 7 heteroatoms. The summed E-state index contributed by atoms with van der Waals surface area (Å²) >= 11 is 1.59. The maximum atomic E-state index is 5.82. The minimum atomic E-state index is 0. The Hall–Kier alpha value is -1.05. The number of rotatable bonds is 8. The largest absolute Gasteiger partial charge is 1.00 e. The van der Waals surface area contributed by atoms with Crippen LogP contribution in [-0.2, 0) is 10.5 Å². The van der Waals surface area contributed by atoms with Crippen LogP contribution in [0.4, 0.5) is 0 Å². The molecule has 0 bridgehead atoms. The number of benzene rings is 1. The Morgan fingerprint density at radius 1 is 1.16 bits per heavy atom. The molecule has 0 atom stereocenters. The summed E-state index contributed by atoms with van der Waals surface area (Å²) in [5, 5.41) is 0.781. The van der Waals surface area contributed by atoms with Gasteiger partial charge in [-0.2, -0.15) is 0 Å². The van der Waals surface area contributed by atoms with Crippen LogP contribution in [0.25, 0.3) is 11.0 Å². The van der Waals surface area contributed by atoms with E-state index < -0.39 is 0 Å². The molecule has 3 rings (SSSR count). The van der Waals surface area contributed by atoms with Crippen molar-refractivity contribution >= 4 is 22.8 Å². The third-order valence-electron chi connectivity index (χ3n) is 3.66. The van der Waals surface area contributed by atoms with Crippen LogP contribution < -0.4 is 39.3 Å². The Morgan fingerprint density at radius 2 is 2.00 bits per heavy atom. The van der Waals surface area contributed by atoms with Gasteiger partial charge in [0.15, 0.2) is 0 Å². The first-order chi connectivity index (χ1) is 11.8. The molecule has 2 aromatic heterocycles. The van der Waals surface area contributed by atoms with E-state index >= 15 is 0 Å². The Morgan fingerprint density at radius 3 is 2.80 bits per heavy atom. The van der Waals surface area contributed by atoms with Crippen molar-refractivity contribution < 1.29 is 39.0 Å². The van der Waals surface area contributed by atoms with Crippen LogP contribution in [0.5, 0.6) is 5.75 Å². The van der Waals surface area contributed by atoms with E-state index in [0.29, 0.717) is 13.2 Å². The molecule has 2 heterocycles. The summed E-state index contributed by atoms with van der Waals surface area (Å²) in [5.74, 6) is 1.60. The second-order valence-corrected chi connectivity index (χ2v) is 6.30. The number of pyridine rings is 1. The van der Waals surface area contributed by atoms with Crippen molar-refractivity contribution in [1.82, 2.24) is 15.0 Å². The van der Waals surface area contributed by atoms with E-state index in [9.17, 15) is 0 Å². The quantitative estimate of drug-likeness (QED) is 0.331. The molecule has 3 aromatic rings. The van der Waals surface area contributed by atoms with Crippen LogP contribution in [0, 0.1) is 6.92 Å². The first-order valence-electron chi connectivity index (χ1n) is 7.86. The van der Waals surface area contributed by atoms with Crippen molar-refractivity contribution in [3.8, 4) is 5.75 Å². The van der Waals surface area contributed by atoms with Crippen LogP contribution in [0.2, 0.25) is 0 Å². The maximum Gasteiger partial charge on any atom is 1.00 e. The number of ether oxygens (including phenoxy) is 2. The molecule has 0 aliphatic heterocycles. The summed E-state index contributed by atoms with van der Waals surface area (Å²) in [6, 6.07) is 9.81. The minimum Gasteiger partial charge on any atom is -0.493 e. The Balaban J connectivity index is 0.00000225. The molecule has 0 spiro atoms. The molecule has 0 fully saturated rings. The molecule has 0 radical (unpaired) electrons. The van der Waals surface area contributed by atoms with Gasteiger partial charge in [0.2, 0.25) is 0 Å². The molecule has 126 valence electrons. The number of para-hydroxylation sites is 2. The summed E-state index contributed by atoms with van der Waals surface area (Å²) < 4.78 is 10.9. The minimum absolute atomic E-state index is 0. The van der Waals surface area contributed by atoms with Crippen molar-refractivity contribution in [3.63, 3.8) is 0 Å². The molecule has 0 aliphatic rings. The van der Waals surface area contributed by atoms with Crippen molar-refractivity contribution in [1.29, 1.82) is 0 Å². The van der Waals surface area contributed by atoms with Gasteiger partial charge in [-0.3, -0.25) is 4.98 Å². The van der Waals surface area contributed by atoms with Gasteiger partial charge in [-0.15, -0.1) is 11.8 Å². The molecule has 0 N–H and O–H groups in total. The monoisotopic (exact) mass is 365 g/mol.